The van der Waals surface area contributed by atoms with Gasteiger partial charge in [-0.15, -0.1) is 0 Å². The number of unbranched alkanes of at least 4 members (excludes halogenated alkanes) is 2. The lowest BCUT2D eigenvalue weighted by Gasteiger charge is -2.37. The fourth-order valence-electron chi connectivity index (χ4n) is 4.76. The van der Waals surface area contributed by atoms with Crippen LogP contribution >= 0.6 is 0 Å². The van der Waals surface area contributed by atoms with Gasteiger partial charge >= 0.3 is 0 Å². The highest BCUT2D eigenvalue weighted by Crippen LogP contribution is 2.42. The fourth-order valence-corrected chi connectivity index (χ4v) is 4.76. The number of anilines is 1. The van der Waals surface area contributed by atoms with E-state index in [0.717, 1.165) is 48.9 Å². The summed E-state index contributed by atoms with van der Waals surface area (Å²) >= 11 is 0. The summed E-state index contributed by atoms with van der Waals surface area (Å²) in [7, 11) is 0. The molecule has 0 aliphatic carbocycles. The first-order chi connectivity index (χ1) is 16.6. The van der Waals surface area contributed by atoms with Crippen molar-refractivity contribution in [2.24, 2.45) is 11.0 Å². The van der Waals surface area contributed by atoms with Crippen LogP contribution in [0, 0.1) is 18.7 Å². The summed E-state index contributed by atoms with van der Waals surface area (Å²) in [6.45, 7) is 10.2. The van der Waals surface area contributed by atoms with Gasteiger partial charge in [-0.1, -0.05) is 55.7 Å². The summed E-state index contributed by atoms with van der Waals surface area (Å²) in [5.41, 5.74) is 1.86. The molecule has 0 aromatic heterocycles. The van der Waals surface area contributed by atoms with E-state index in [9.17, 15) is 14.3 Å². The predicted octanol–water partition coefficient (Wildman–Crippen LogP) is 5.98. The van der Waals surface area contributed by atoms with Crippen molar-refractivity contribution in [2.45, 2.75) is 84.3 Å². The number of nitrogens with zero attached hydrogens (tertiary/aromatic N) is 2. The molecule has 3 rings (SSSR count). The van der Waals surface area contributed by atoms with Crippen molar-refractivity contribution in [3.63, 3.8) is 0 Å². The van der Waals surface area contributed by atoms with Gasteiger partial charge in [0.1, 0.15) is 11.4 Å². The summed E-state index contributed by atoms with van der Waals surface area (Å²) in [6, 6.07) is 14.5. The van der Waals surface area contributed by atoms with Crippen LogP contribution in [0.3, 0.4) is 0 Å². The van der Waals surface area contributed by atoms with Crippen LogP contribution < -0.4 is 10.3 Å². The van der Waals surface area contributed by atoms with Crippen molar-refractivity contribution < 1.29 is 14.3 Å². The molecule has 0 radical (unpaired) electrons. The third-order valence-electron chi connectivity index (χ3n) is 6.86. The lowest BCUT2D eigenvalue weighted by molar-refractivity contribution is -0.126. The largest absolute Gasteiger partial charge is 0.390 e. The zero-order valence-electron chi connectivity index (χ0n) is 21.8. The summed E-state index contributed by atoms with van der Waals surface area (Å²) in [5.74, 6) is -0.622. The Morgan fingerprint density at radius 1 is 1.17 bits per heavy atom. The van der Waals surface area contributed by atoms with Gasteiger partial charge in [-0.3, -0.25) is 4.79 Å². The van der Waals surface area contributed by atoms with Crippen molar-refractivity contribution in [1.29, 1.82) is 0 Å². The summed E-state index contributed by atoms with van der Waals surface area (Å²) in [4.78, 5) is 13.8. The number of aliphatic hydroxyl groups is 1. The zero-order valence-corrected chi connectivity index (χ0v) is 21.8. The molecule has 35 heavy (non-hydrogen) atoms. The SMILES string of the molecule is CCCCC1C(c2ccc(C)cc2)=NN(c2cccc(F)c2)C1(C)C(=O)NCCCCC(C)(C)O. The third kappa shape index (κ3) is 6.49. The normalized spacial score (nSPS) is 20.1. The number of hydrogen-bond donors (Lipinski definition) is 2. The quantitative estimate of drug-likeness (QED) is 0.388. The molecule has 0 saturated heterocycles. The van der Waals surface area contributed by atoms with Crippen molar-refractivity contribution >= 4 is 17.3 Å². The summed E-state index contributed by atoms with van der Waals surface area (Å²) in [5, 5.41) is 19.8. The number of benzene rings is 2. The number of carbonyl (C=O) groups is 1. The van der Waals surface area contributed by atoms with Gasteiger partial charge in [-0.2, -0.15) is 5.10 Å². The molecule has 5 nitrogen and oxygen atoms in total. The van der Waals surface area contributed by atoms with E-state index in [2.05, 4.69) is 36.5 Å². The van der Waals surface area contributed by atoms with E-state index in [-0.39, 0.29) is 17.6 Å². The molecule has 1 amide bonds. The third-order valence-corrected chi connectivity index (χ3v) is 6.86. The molecule has 6 heteroatoms. The lowest BCUT2D eigenvalue weighted by atomic mass is 9.76. The Balaban J connectivity index is 1.95. The van der Waals surface area contributed by atoms with Crippen LogP contribution in [-0.4, -0.2) is 34.4 Å². The number of amides is 1. The minimum atomic E-state index is -1.00. The van der Waals surface area contributed by atoms with Gasteiger partial charge < -0.3 is 10.4 Å². The monoisotopic (exact) mass is 481 g/mol. The minimum Gasteiger partial charge on any atom is -0.390 e. The van der Waals surface area contributed by atoms with Crippen LogP contribution in [0.4, 0.5) is 10.1 Å². The van der Waals surface area contributed by atoms with E-state index < -0.39 is 11.1 Å². The first kappa shape index (κ1) is 26.9. The van der Waals surface area contributed by atoms with Gasteiger partial charge in [0.25, 0.3) is 0 Å². The standard InChI is InChI=1S/C29H40FN3O2/c1-6-7-13-25-26(22-16-14-21(2)15-17-22)32-33(24-12-10-11-23(30)20-24)29(25,5)27(34)31-19-9-8-18-28(3,4)35/h10-12,14-17,20,25,35H,6-9,13,18-19H2,1-5H3,(H,31,34). The van der Waals surface area contributed by atoms with Crippen LogP contribution in [0.5, 0.6) is 0 Å². The molecule has 0 bridgehead atoms. The zero-order chi connectivity index (χ0) is 25.6. The van der Waals surface area contributed by atoms with Gasteiger partial charge in [-0.25, -0.2) is 9.40 Å². The Hall–Kier alpha value is -2.73. The summed E-state index contributed by atoms with van der Waals surface area (Å²) in [6.07, 6.45) is 5.04. The number of nitrogens with one attached hydrogen (secondary N) is 1. The maximum atomic E-state index is 14.2. The molecule has 2 N–H and O–H groups in total. The first-order valence-corrected chi connectivity index (χ1v) is 12.8. The Morgan fingerprint density at radius 2 is 1.89 bits per heavy atom. The van der Waals surface area contributed by atoms with Gasteiger partial charge in [0, 0.05) is 12.5 Å². The number of aryl methyl sites for hydroxylation is 1. The highest BCUT2D eigenvalue weighted by atomic mass is 19.1. The maximum absolute atomic E-state index is 14.2. The number of hydrazone groups is 1. The second-order valence-corrected chi connectivity index (χ2v) is 10.5. The Bertz CT molecular complexity index is 1030. The van der Waals surface area contributed by atoms with Gasteiger partial charge in [-0.05, 0) is 77.1 Å². The van der Waals surface area contributed by atoms with E-state index in [1.165, 1.54) is 12.1 Å². The molecule has 1 heterocycles. The van der Waals surface area contributed by atoms with Gasteiger partial charge in [0.15, 0.2) is 0 Å². The molecule has 2 atom stereocenters. The molecular weight excluding hydrogens is 441 g/mol. The maximum Gasteiger partial charge on any atom is 0.248 e. The second kappa shape index (κ2) is 11.3. The second-order valence-electron chi connectivity index (χ2n) is 10.5. The van der Waals surface area contributed by atoms with E-state index in [1.54, 1.807) is 31.0 Å². The molecule has 2 aromatic carbocycles. The molecule has 190 valence electrons. The molecule has 2 aromatic rings. The Morgan fingerprint density at radius 3 is 2.51 bits per heavy atom. The van der Waals surface area contributed by atoms with Crippen molar-refractivity contribution in [3.8, 4) is 0 Å². The minimum absolute atomic E-state index is 0.114. The number of carbonyl (C=O) groups excluding carboxylic acids is 1. The van der Waals surface area contributed by atoms with Crippen LogP contribution in [0.25, 0.3) is 0 Å². The fraction of sp³-hybridized carbons (Fsp3) is 0.517. The average molecular weight is 482 g/mol. The van der Waals surface area contributed by atoms with Gasteiger partial charge in [0.2, 0.25) is 5.91 Å². The van der Waals surface area contributed by atoms with Crippen LogP contribution in [0.2, 0.25) is 0 Å². The average Bonchev–Trinajstić information content (AvgIpc) is 3.10. The van der Waals surface area contributed by atoms with E-state index in [1.807, 2.05) is 13.8 Å². The van der Waals surface area contributed by atoms with Crippen molar-refractivity contribution in [1.82, 2.24) is 5.32 Å². The topological polar surface area (TPSA) is 64.9 Å². The first-order valence-electron chi connectivity index (χ1n) is 12.8. The Labute approximate surface area is 209 Å². The number of halogens is 1. The van der Waals surface area contributed by atoms with E-state index in [4.69, 9.17) is 5.10 Å². The molecular formula is C29H40FN3O2. The Kier molecular flexibility index (Phi) is 8.70. The smallest absolute Gasteiger partial charge is 0.248 e. The van der Waals surface area contributed by atoms with Crippen molar-refractivity contribution in [3.05, 3.63) is 65.5 Å². The van der Waals surface area contributed by atoms with E-state index in [0.29, 0.717) is 18.7 Å². The van der Waals surface area contributed by atoms with Crippen LogP contribution in [0.1, 0.15) is 77.3 Å². The highest BCUT2D eigenvalue weighted by molar-refractivity contribution is 6.10. The molecule has 0 fully saturated rings. The molecule has 2 unspecified atom stereocenters. The predicted molar refractivity (Wildman–Crippen MR) is 141 cm³/mol. The highest BCUT2D eigenvalue weighted by Gasteiger charge is 2.53. The van der Waals surface area contributed by atoms with Crippen LogP contribution in [-0.2, 0) is 4.79 Å². The van der Waals surface area contributed by atoms with Crippen LogP contribution in [0.15, 0.2) is 53.6 Å². The molecule has 1 aliphatic rings. The molecule has 0 saturated carbocycles. The molecule has 1 aliphatic heterocycles. The molecule has 0 spiro atoms. The van der Waals surface area contributed by atoms with E-state index >= 15 is 0 Å². The van der Waals surface area contributed by atoms with Gasteiger partial charge in [0.05, 0.1) is 17.0 Å². The lowest BCUT2D eigenvalue weighted by Crippen LogP contribution is -2.58. The number of rotatable bonds is 11. The number of hydrogen-bond acceptors (Lipinski definition) is 4. The summed E-state index contributed by atoms with van der Waals surface area (Å²) < 4.78 is 14.2. The van der Waals surface area contributed by atoms with Crippen molar-refractivity contribution in [2.75, 3.05) is 11.6 Å².